The van der Waals surface area contributed by atoms with Crippen molar-refractivity contribution in [2.24, 2.45) is 5.92 Å². The van der Waals surface area contributed by atoms with Gasteiger partial charge in [-0.3, -0.25) is 4.79 Å². The third-order valence-electron chi connectivity index (χ3n) is 4.05. The van der Waals surface area contributed by atoms with Gasteiger partial charge in [0.25, 0.3) is 0 Å². The molecule has 0 unspecified atom stereocenters. The number of aryl methyl sites for hydroxylation is 1. The topological polar surface area (TPSA) is 85.8 Å². The molecule has 0 atom stereocenters. The molecular weight excluding hydrogens is 343 g/mol. The van der Waals surface area contributed by atoms with Crippen LogP contribution < -0.4 is 11.2 Å². The monoisotopic (exact) mass is 365 g/mol. The quantitative estimate of drug-likeness (QED) is 0.572. The van der Waals surface area contributed by atoms with Crippen molar-refractivity contribution in [1.82, 2.24) is 20.2 Å². The number of alkyl halides is 3. The molecule has 0 bridgehead atoms. The third-order valence-corrected chi connectivity index (χ3v) is 5.00. The lowest BCUT2D eigenvalue weighted by atomic mass is 9.86. The summed E-state index contributed by atoms with van der Waals surface area (Å²) >= 11 is 0.973. The molecular formula is C14H22F3N5OS. The number of nitrogens with zero attached hydrogens (tertiary/aromatic N) is 3. The molecule has 6 nitrogen and oxygen atoms in total. The van der Waals surface area contributed by atoms with E-state index in [4.69, 9.17) is 5.84 Å². The molecule has 2 rings (SSSR count). The Morgan fingerprint density at radius 2 is 2.00 bits per heavy atom. The summed E-state index contributed by atoms with van der Waals surface area (Å²) in [6.45, 7) is -1.34. The SMILES string of the molecule is Nn1c(CCC2CCCCC2)nnc1SCC(=O)NCC(F)(F)F. The number of hydrogen-bond acceptors (Lipinski definition) is 5. The molecule has 24 heavy (non-hydrogen) atoms. The van der Waals surface area contributed by atoms with Crippen molar-refractivity contribution in [3.8, 4) is 0 Å². The second-order valence-electron chi connectivity index (χ2n) is 5.99. The fourth-order valence-electron chi connectivity index (χ4n) is 2.77. The number of carbonyl (C=O) groups excluding carboxylic acids is 1. The van der Waals surface area contributed by atoms with Gasteiger partial charge in [-0.2, -0.15) is 13.2 Å². The van der Waals surface area contributed by atoms with Gasteiger partial charge in [-0.15, -0.1) is 10.2 Å². The highest BCUT2D eigenvalue weighted by molar-refractivity contribution is 7.99. The zero-order valence-corrected chi connectivity index (χ0v) is 14.1. The van der Waals surface area contributed by atoms with Crippen molar-refractivity contribution < 1.29 is 18.0 Å². The maximum absolute atomic E-state index is 12.0. The van der Waals surface area contributed by atoms with E-state index in [1.54, 1.807) is 5.32 Å². The fourth-order valence-corrected chi connectivity index (χ4v) is 3.47. The van der Waals surface area contributed by atoms with E-state index in [1.165, 1.54) is 36.8 Å². The Kier molecular flexibility index (Phi) is 6.76. The average molecular weight is 365 g/mol. The van der Waals surface area contributed by atoms with Gasteiger partial charge in [-0.05, 0) is 12.3 Å². The van der Waals surface area contributed by atoms with Crippen LogP contribution in [0.25, 0.3) is 0 Å². The van der Waals surface area contributed by atoms with Gasteiger partial charge in [0.2, 0.25) is 11.1 Å². The van der Waals surface area contributed by atoms with Crippen LogP contribution in [-0.2, 0) is 11.2 Å². The molecule has 1 aromatic heterocycles. The summed E-state index contributed by atoms with van der Waals surface area (Å²) in [5.74, 6) is 6.33. The minimum Gasteiger partial charge on any atom is -0.346 e. The van der Waals surface area contributed by atoms with Crippen LogP contribution in [0.2, 0.25) is 0 Å². The molecule has 3 N–H and O–H groups in total. The predicted octanol–water partition coefficient (Wildman–Crippen LogP) is 2.28. The van der Waals surface area contributed by atoms with Gasteiger partial charge in [0.05, 0.1) is 5.75 Å². The van der Waals surface area contributed by atoms with Crippen LogP contribution in [0.4, 0.5) is 13.2 Å². The Balaban J connectivity index is 1.76. The van der Waals surface area contributed by atoms with Gasteiger partial charge in [-0.25, -0.2) is 4.68 Å². The van der Waals surface area contributed by atoms with Gasteiger partial charge in [0, 0.05) is 6.42 Å². The van der Waals surface area contributed by atoms with E-state index in [0.29, 0.717) is 16.9 Å². The second kappa shape index (κ2) is 8.59. The van der Waals surface area contributed by atoms with E-state index >= 15 is 0 Å². The maximum Gasteiger partial charge on any atom is 0.405 e. The number of amides is 1. The van der Waals surface area contributed by atoms with Gasteiger partial charge in [0.1, 0.15) is 6.54 Å². The summed E-state index contributed by atoms with van der Waals surface area (Å²) in [5, 5.41) is 10.1. The van der Waals surface area contributed by atoms with Crippen LogP contribution in [0, 0.1) is 5.92 Å². The highest BCUT2D eigenvalue weighted by Crippen LogP contribution is 2.27. The lowest BCUT2D eigenvalue weighted by molar-refractivity contribution is -0.136. The van der Waals surface area contributed by atoms with Crippen LogP contribution in [0.5, 0.6) is 0 Å². The number of carbonyl (C=O) groups is 1. The number of rotatable bonds is 7. The van der Waals surface area contributed by atoms with Crippen molar-refractivity contribution >= 4 is 17.7 Å². The normalized spacial score (nSPS) is 16.3. The average Bonchev–Trinajstić information content (AvgIpc) is 2.89. The van der Waals surface area contributed by atoms with Crippen molar-refractivity contribution in [2.75, 3.05) is 18.1 Å². The standard InChI is InChI=1S/C14H22F3N5OS/c15-14(16,17)9-19-12(23)8-24-13-21-20-11(22(13)18)7-6-10-4-2-1-3-5-10/h10H,1-9,18H2,(H,19,23). The molecule has 0 radical (unpaired) electrons. The molecule has 1 fully saturated rings. The first-order valence-electron chi connectivity index (χ1n) is 8.01. The summed E-state index contributed by atoms with van der Waals surface area (Å²) < 4.78 is 37.4. The minimum absolute atomic E-state index is 0.186. The van der Waals surface area contributed by atoms with E-state index in [0.717, 1.165) is 24.6 Å². The van der Waals surface area contributed by atoms with E-state index in [9.17, 15) is 18.0 Å². The largest absolute Gasteiger partial charge is 0.405 e. The molecule has 0 aliphatic heterocycles. The first-order chi connectivity index (χ1) is 11.3. The van der Waals surface area contributed by atoms with Crippen LogP contribution in [0.1, 0.15) is 44.3 Å². The number of nitrogens with two attached hydrogens (primary N) is 1. The minimum atomic E-state index is -4.42. The van der Waals surface area contributed by atoms with Crippen LogP contribution in [0.3, 0.4) is 0 Å². The molecule has 136 valence electrons. The molecule has 1 aromatic rings. The fraction of sp³-hybridized carbons (Fsp3) is 0.786. The Labute approximate surface area is 142 Å². The summed E-state index contributed by atoms with van der Waals surface area (Å²) in [5.41, 5.74) is 0. The highest BCUT2D eigenvalue weighted by Gasteiger charge is 2.27. The lowest BCUT2D eigenvalue weighted by Crippen LogP contribution is -2.34. The summed E-state index contributed by atoms with van der Waals surface area (Å²) in [7, 11) is 0. The molecule has 1 aliphatic carbocycles. The van der Waals surface area contributed by atoms with Crippen molar-refractivity contribution in [3.63, 3.8) is 0 Å². The summed E-state index contributed by atoms with van der Waals surface area (Å²) in [6, 6.07) is 0. The zero-order chi connectivity index (χ0) is 17.6. The molecule has 10 heteroatoms. The van der Waals surface area contributed by atoms with E-state index in [-0.39, 0.29) is 5.75 Å². The Hall–Kier alpha value is -1.45. The number of nitrogen functional groups attached to an aromatic ring is 1. The van der Waals surface area contributed by atoms with Gasteiger partial charge < -0.3 is 11.2 Å². The molecule has 1 amide bonds. The molecule has 0 saturated heterocycles. The Bertz CT molecular complexity index is 543. The van der Waals surface area contributed by atoms with E-state index < -0.39 is 18.6 Å². The number of hydrogen-bond donors (Lipinski definition) is 2. The molecule has 0 spiro atoms. The number of nitrogens with one attached hydrogen (secondary N) is 1. The van der Waals surface area contributed by atoms with Crippen LogP contribution >= 0.6 is 11.8 Å². The zero-order valence-electron chi connectivity index (χ0n) is 13.3. The molecule has 1 aliphatic rings. The third kappa shape index (κ3) is 6.21. The Morgan fingerprint density at radius 1 is 1.29 bits per heavy atom. The first-order valence-corrected chi connectivity index (χ1v) is 8.99. The highest BCUT2D eigenvalue weighted by atomic mass is 32.2. The van der Waals surface area contributed by atoms with Crippen LogP contribution in [0.15, 0.2) is 5.16 Å². The van der Waals surface area contributed by atoms with Crippen molar-refractivity contribution in [1.29, 1.82) is 0 Å². The maximum atomic E-state index is 12.0. The molecule has 1 heterocycles. The first kappa shape index (κ1) is 18.9. The molecule has 0 aromatic carbocycles. The van der Waals surface area contributed by atoms with Gasteiger partial charge >= 0.3 is 6.18 Å². The van der Waals surface area contributed by atoms with E-state index in [2.05, 4.69) is 10.2 Å². The Morgan fingerprint density at radius 3 is 2.67 bits per heavy atom. The van der Waals surface area contributed by atoms with Gasteiger partial charge in [0.15, 0.2) is 5.82 Å². The summed E-state index contributed by atoms with van der Waals surface area (Å²) in [4.78, 5) is 11.4. The summed E-state index contributed by atoms with van der Waals surface area (Å²) in [6.07, 6.45) is 3.63. The molecule has 1 saturated carbocycles. The number of thioether (sulfide) groups is 1. The second-order valence-corrected chi connectivity index (χ2v) is 6.93. The number of halogens is 3. The number of aromatic nitrogens is 3. The van der Waals surface area contributed by atoms with E-state index in [1.807, 2.05) is 0 Å². The predicted molar refractivity (Wildman–Crippen MR) is 84.9 cm³/mol. The van der Waals surface area contributed by atoms with Gasteiger partial charge in [-0.1, -0.05) is 43.9 Å². The lowest BCUT2D eigenvalue weighted by Gasteiger charge is -2.20. The smallest absolute Gasteiger partial charge is 0.346 e. The van der Waals surface area contributed by atoms with Crippen molar-refractivity contribution in [3.05, 3.63) is 5.82 Å². The van der Waals surface area contributed by atoms with Crippen molar-refractivity contribution in [2.45, 2.75) is 56.3 Å². The van der Waals surface area contributed by atoms with Crippen LogP contribution in [-0.4, -0.2) is 39.3 Å².